The van der Waals surface area contributed by atoms with Crippen molar-refractivity contribution in [3.63, 3.8) is 0 Å². The molecule has 0 fully saturated rings. The lowest BCUT2D eigenvalue weighted by Gasteiger charge is -2.20. The zero-order valence-electron chi connectivity index (χ0n) is 15.2. The highest BCUT2D eigenvalue weighted by Crippen LogP contribution is 2.17. The van der Waals surface area contributed by atoms with E-state index in [1.54, 1.807) is 30.3 Å². The molecule has 0 aromatic heterocycles. The third-order valence-corrected chi connectivity index (χ3v) is 4.51. The van der Waals surface area contributed by atoms with Crippen LogP contribution in [-0.2, 0) is 11.2 Å². The fourth-order valence-corrected chi connectivity index (χ4v) is 2.85. The van der Waals surface area contributed by atoms with Gasteiger partial charge in [-0.25, -0.2) is 9.18 Å². The number of benzene rings is 2. The van der Waals surface area contributed by atoms with E-state index in [1.165, 1.54) is 13.2 Å². The molecule has 5 heteroatoms. The van der Waals surface area contributed by atoms with Gasteiger partial charge in [-0.2, -0.15) is 0 Å². The van der Waals surface area contributed by atoms with Crippen LogP contribution in [0.4, 0.5) is 4.39 Å². The van der Waals surface area contributed by atoms with E-state index < -0.39 is 6.10 Å². The molecule has 4 nitrogen and oxygen atoms in total. The van der Waals surface area contributed by atoms with Crippen LogP contribution in [0.15, 0.2) is 48.5 Å². The number of aliphatic hydroxyl groups is 1. The maximum Gasteiger partial charge on any atom is 0.337 e. The van der Waals surface area contributed by atoms with Crippen LogP contribution >= 0.6 is 0 Å². The van der Waals surface area contributed by atoms with E-state index in [0.717, 1.165) is 24.8 Å². The third-order valence-electron chi connectivity index (χ3n) is 4.51. The minimum Gasteiger partial charge on any atom is -0.465 e. The molecule has 0 saturated heterocycles. The molecule has 0 saturated carbocycles. The number of methoxy groups -OCH3 is 1. The van der Waals surface area contributed by atoms with Crippen LogP contribution < -0.4 is 5.32 Å². The zero-order valence-corrected chi connectivity index (χ0v) is 15.2. The molecule has 0 spiro atoms. The highest BCUT2D eigenvalue weighted by Gasteiger charge is 2.14. The monoisotopic (exact) mass is 359 g/mol. The van der Waals surface area contributed by atoms with Crippen molar-refractivity contribution in [2.24, 2.45) is 0 Å². The van der Waals surface area contributed by atoms with Crippen LogP contribution in [0, 0.1) is 5.82 Å². The normalized spacial score (nSPS) is 13.2. The van der Waals surface area contributed by atoms with Gasteiger partial charge < -0.3 is 15.2 Å². The number of aryl methyl sites for hydroxylation is 1. The molecule has 0 amide bonds. The lowest BCUT2D eigenvalue weighted by Crippen LogP contribution is -2.33. The average Bonchev–Trinajstić information content (AvgIpc) is 2.68. The molecule has 0 bridgehead atoms. The molecule has 2 aromatic rings. The smallest absolute Gasteiger partial charge is 0.337 e. The highest BCUT2D eigenvalue weighted by atomic mass is 19.1. The van der Waals surface area contributed by atoms with Gasteiger partial charge in [-0.1, -0.05) is 37.3 Å². The van der Waals surface area contributed by atoms with Gasteiger partial charge in [0.1, 0.15) is 5.82 Å². The van der Waals surface area contributed by atoms with Crippen LogP contribution in [0.1, 0.15) is 47.4 Å². The fourth-order valence-electron chi connectivity index (χ4n) is 2.85. The summed E-state index contributed by atoms with van der Waals surface area (Å²) in [5.41, 5.74) is 1.98. The molecule has 2 unspecified atom stereocenters. The first-order valence-electron chi connectivity index (χ1n) is 8.88. The van der Waals surface area contributed by atoms with E-state index >= 15 is 0 Å². The molecular weight excluding hydrogens is 333 g/mol. The first-order chi connectivity index (χ1) is 12.5. The van der Waals surface area contributed by atoms with Crippen molar-refractivity contribution >= 4 is 5.97 Å². The van der Waals surface area contributed by atoms with Gasteiger partial charge in [-0.3, -0.25) is 0 Å². The molecule has 2 aromatic carbocycles. The largest absolute Gasteiger partial charge is 0.465 e. The van der Waals surface area contributed by atoms with Crippen molar-refractivity contribution in [3.05, 3.63) is 71.0 Å². The van der Waals surface area contributed by atoms with Gasteiger partial charge in [0.15, 0.2) is 0 Å². The molecule has 0 aliphatic rings. The van der Waals surface area contributed by atoms with Crippen LogP contribution in [0.25, 0.3) is 0 Å². The number of hydrogen-bond acceptors (Lipinski definition) is 4. The van der Waals surface area contributed by atoms with Gasteiger partial charge in [-0.15, -0.1) is 0 Å². The molecule has 140 valence electrons. The van der Waals surface area contributed by atoms with E-state index in [1.807, 2.05) is 12.1 Å². The van der Waals surface area contributed by atoms with E-state index in [9.17, 15) is 14.3 Å². The predicted octanol–water partition coefficient (Wildman–Crippen LogP) is 3.65. The summed E-state index contributed by atoms with van der Waals surface area (Å²) in [4.78, 5) is 11.4. The Labute approximate surface area is 154 Å². The summed E-state index contributed by atoms with van der Waals surface area (Å²) in [6.07, 6.45) is 1.77. The first-order valence-corrected chi connectivity index (χ1v) is 8.88. The van der Waals surface area contributed by atoms with E-state index in [4.69, 9.17) is 4.74 Å². The summed E-state index contributed by atoms with van der Waals surface area (Å²) in [6, 6.07) is 13.9. The Morgan fingerprint density at radius 1 is 1.19 bits per heavy atom. The summed E-state index contributed by atoms with van der Waals surface area (Å²) in [6.45, 7) is 2.38. The van der Waals surface area contributed by atoms with Gasteiger partial charge >= 0.3 is 5.97 Å². The van der Waals surface area contributed by atoms with Gasteiger partial charge in [0.2, 0.25) is 0 Å². The maximum absolute atomic E-state index is 13.7. The summed E-state index contributed by atoms with van der Waals surface area (Å²) in [5.74, 6) is -0.729. The minimum absolute atomic E-state index is 0.219. The lowest BCUT2D eigenvalue weighted by atomic mass is 10.0. The number of aliphatic hydroxyl groups excluding tert-OH is 1. The minimum atomic E-state index is -0.871. The van der Waals surface area contributed by atoms with E-state index in [-0.39, 0.29) is 17.8 Å². The Kier molecular flexibility index (Phi) is 7.75. The Morgan fingerprint density at radius 2 is 1.88 bits per heavy atom. The third kappa shape index (κ3) is 5.64. The van der Waals surface area contributed by atoms with Crippen LogP contribution in [0.3, 0.4) is 0 Å². The molecule has 2 N–H and O–H groups in total. The molecular formula is C21H26FNO3. The average molecular weight is 359 g/mol. The number of hydrogen-bond donors (Lipinski definition) is 2. The summed E-state index contributed by atoms with van der Waals surface area (Å²) in [7, 11) is 1.36. The van der Waals surface area contributed by atoms with Crippen molar-refractivity contribution in [1.29, 1.82) is 0 Å². The Morgan fingerprint density at radius 3 is 2.50 bits per heavy atom. The second-order valence-corrected chi connectivity index (χ2v) is 6.28. The highest BCUT2D eigenvalue weighted by molar-refractivity contribution is 5.89. The number of rotatable bonds is 9. The first kappa shape index (κ1) is 20.1. The Bertz CT molecular complexity index is 703. The van der Waals surface area contributed by atoms with Gasteiger partial charge in [0.05, 0.1) is 18.8 Å². The fraction of sp³-hybridized carbons (Fsp3) is 0.381. The number of esters is 1. The van der Waals surface area contributed by atoms with Crippen molar-refractivity contribution in [2.45, 2.75) is 38.3 Å². The van der Waals surface area contributed by atoms with Gasteiger partial charge in [-0.05, 0) is 43.0 Å². The molecule has 0 radical (unpaired) electrons. The van der Waals surface area contributed by atoms with E-state index in [0.29, 0.717) is 17.7 Å². The van der Waals surface area contributed by atoms with Crippen molar-refractivity contribution in [3.8, 4) is 0 Å². The number of ether oxygens (including phenoxy) is 1. The second-order valence-electron chi connectivity index (χ2n) is 6.28. The summed E-state index contributed by atoms with van der Waals surface area (Å²) < 4.78 is 18.4. The Balaban J connectivity index is 1.84. The van der Waals surface area contributed by atoms with Crippen LogP contribution in [0.5, 0.6) is 0 Å². The second kappa shape index (κ2) is 10.0. The topological polar surface area (TPSA) is 58.6 Å². The van der Waals surface area contributed by atoms with Gasteiger partial charge in [0, 0.05) is 18.2 Å². The van der Waals surface area contributed by atoms with Crippen molar-refractivity contribution in [2.75, 3.05) is 13.7 Å². The predicted molar refractivity (Wildman–Crippen MR) is 99.5 cm³/mol. The summed E-state index contributed by atoms with van der Waals surface area (Å²) in [5, 5.41) is 13.5. The van der Waals surface area contributed by atoms with Crippen LogP contribution in [-0.4, -0.2) is 30.8 Å². The molecule has 0 aliphatic heterocycles. The Hall–Kier alpha value is -2.24. The van der Waals surface area contributed by atoms with Crippen LogP contribution in [0.2, 0.25) is 0 Å². The van der Waals surface area contributed by atoms with Crippen molar-refractivity contribution in [1.82, 2.24) is 5.32 Å². The summed E-state index contributed by atoms with van der Waals surface area (Å²) >= 11 is 0. The number of carbonyl (C=O) groups is 1. The van der Waals surface area contributed by atoms with Gasteiger partial charge in [0.25, 0.3) is 0 Å². The maximum atomic E-state index is 13.7. The zero-order chi connectivity index (χ0) is 18.9. The van der Waals surface area contributed by atoms with E-state index in [2.05, 4.69) is 12.2 Å². The molecule has 26 heavy (non-hydrogen) atoms. The molecule has 2 rings (SSSR count). The number of carbonyl (C=O) groups excluding carboxylic acids is 1. The standard InChI is InChI=1S/C21H26FNO3/c1-3-17(23-14-20(24)18-6-4-5-7-19(18)22)13-10-15-8-11-16(12-9-15)21(25)26-2/h4-9,11-12,17,20,23-24H,3,10,13-14H2,1-2H3. The molecule has 0 heterocycles. The molecule has 2 atom stereocenters. The lowest BCUT2D eigenvalue weighted by molar-refractivity contribution is 0.0600. The molecule has 0 aliphatic carbocycles. The van der Waals surface area contributed by atoms with Crippen molar-refractivity contribution < 1.29 is 19.0 Å². The number of halogens is 1. The SMILES string of the molecule is CCC(CCc1ccc(C(=O)OC)cc1)NCC(O)c1ccccc1F. The number of nitrogens with one attached hydrogen (secondary N) is 1. The quantitative estimate of drug-likeness (QED) is 0.671.